The molecule has 1 aromatic carbocycles. The summed E-state index contributed by atoms with van der Waals surface area (Å²) >= 11 is 0. The molecule has 9 heteroatoms. The van der Waals surface area contributed by atoms with E-state index >= 15 is 0 Å². The van der Waals surface area contributed by atoms with Crippen LogP contribution < -0.4 is 0 Å². The first-order chi connectivity index (χ1) is 19.4. The lowest BCUT2D eigenvalue weighted by Crippen LogP contribution is -2.45. The number of carboxylic acids is 1. The molecule has 0 unspecified atom stereocenters. The second-order valence-corrected chi connectivity index (χ2v) is 11.9. The molecular formula is C31H45N7O2. The number of benzene rings is 1. The van der Waals surface area contributed by atoms with Gasteiger partial charge in [-0.2, -0.15) is 0 Å². The zero-order chi connectivity index (χ0) is 28.1. The van der Waals surface area contributed by atoms with Gasteiger partial charge in [0.2, 0.25) is 0 Å². The minimum Gasteiger partial charge on any atom is -0.480 e. The van der Waals surface area contributed by atoms with Crippen molar-refractivity contribution >= 4 is 5.97 Å². The molecule has 216 valence electrons. The highest BCUT2D eigenvalue weighted by Gasteiger charge is 2.48. The Hall–Kier alpha value is -3.01. The van der Waals surface area contributed by atoms with E-state index in [1.807, 2.05) is 25.6 Å². The van der Waals surface area contributed by atoms with E-state index in [1.54, 1.807) is 6.20 Å². The number of H-pyrrole nitrogens is 1. The monoisotopic (exact) mass is 547 g/mol. The summed E-state index contributed by atoms with van der Waals surface area (Å²) in [7, 11) is 2.02. The van der Waals surface area contributed by atoms with E-state index in [1.165, 1.54) is 24.0 Å². The van der Waals surface area contributed by atoms with Crippen LogP contribution in [-0.4, -0.2) is 77.0 Å². The first kappa shape index (κ1) is 28.5. The molecule has 2 fully saturated rings. The molecule has 0 saturated carbocycles. The molecule has 2 aromatic heterocycles. The van der Waals surface area contributed by atoms with Crippen LogP contribution in [0, 0.1) is 5.41 Å². The second kappa shape index (κ2) is 12.7. The number of imidazole rings is 2. The van der Waals surface area contributed by atoms with Crippen molar-refractivity contribution in [3.8, 4) is 0 Å². The van der Waals surface area contributed by atoms with Crippen molar-refractivity contribution in [2.45, 2.75) is 84.2 Å². The van der Waals surface area contributed by atoms with E-state index in [0.717, 1.165) is 63.6 Å². The van der Waals surface area contributed by atoms with Crippen LogP contribution in [-0.2, 0) is 38.0 Å². The summed E-state index contributed by atoms with van der Waals surface area (Å²) in [6.45, 7) is 10.5. The first-order valence-corrected chi connectivity index (χ1v) is 14.8. The summed E-state index contributed by atoms with van der Waals surface area (Å²) in [5, 5.41) is 10.1. The molecular weight excluding hydrogens is 502 g/mol. The van der Waals surface area contributed by atoms with Gasteiger partial charge in [0.25, 0.3) is 0 Å². The van der Waals surface area contributed by atoms with Crippen molar-refractivity contribution in [2.75, 3.05) is 19.6 Å². The van der Waals surface area contributed by atoms with Gasteiger partial charge < -0.3 is 19.6 Å². The Morgan fingerprint density at radius 1 is 1.07 bits per heavy atom. The molecule has 3 aromatic rings. The van der Waals surface area contributed by atoms with Crippen molar-refractivity contribution in [1.82, 2.24) is 34.2 Å². The lowest BCUT2D eigenvalue weighted by Gasteiger charge is -2.42. The average Bonchev–Trinajstić information content (AvgIpc) is 3.69. The van der Waals surface area contributed by atoms with Gasteiger partial charge in [0.1, 0.15) is 17.7 Å². The molecule has 0 aliphatic carbocycles. The van der Waals surface area contributed by atoms with Crippen LogP contribution in [0.15, 0.2) is 49.1 Å². The van der Waals surface area contributed by atoms with Crippen LogP contribution >= 0.6 is 0 Å². The summed E-state index contributed by atoms with van der Waals surface area (Å²) in [6.07, 6.45) is 12.8. The topological polar surface area (TPSA) is 93.5 Å². The number of aromatic nitrogens is 4. The van der Waals surface area contributed by atoms with Crippen molar-refractivity contribution in [3.05, 3.63) is 71.8 Å². The van der Waals surface area contributed by atoms with E-state index in [9.17, 15) is 9.90 Å². The van der Waals surface area contributed by atoms with Crippen molar-refractivity contribution in [3.63, 3.8) is 0 Å². The first-order valence-electron chi connectivity index (χ1n) is 14.8. The highest BCUT2D eigenvalue weighted by molar-refractivity contribution is 5.74. The fourth-order valence-electron chi connectivity index (χ4n) is 6.84. The summed E-state index contributed by atoms with van der Waals surface area (Å²) in [4.78, 5) is 31.6. The van der Waals surface area contributed by atoms with E-state index in [0.29, 0.717) is 19.1 Å². The van der Waals surface area contributed by atoms with Gasteiger partial charge in [-0.1, -0.05) is 38.1 Å². The lowest BCUT2D eigenvalue weighted by atomic mass is 9.76. The van der Waals surface area contributed by atoms with Crippen molar-refractivity contribution in [1.29, 1.82) is 0 Å². The SMILES string of the molecule is CCC(CC)N1CCC2(CC1)C[C@@H](C(=O)O)N(Cc1ccc(CN(Cc3ncc[nH]3)Cc3nccn3C)cc1)C2. The fraction of sp³-hybridized carbons (Fsp3) is 0.581. The number of likely N-dealkylation sites (tertiary alicyclic amines) is 2. The quantitative estimate of drug-likeness (QED) is 0.350. The van der Waals surface area contributed by atoms with Gasteiger partial charge in [0.05, 0.1) is 13.1 Å². The molecule has 0 bridgehead atoms. The summed E-state index contributed by atoms with van der Waals surface area (Å²) in [5.41, 5.74) is 2.51. The van der Waals surface area contributed by atoms with Crippen LogP contribution in [0.4, 0.5) is 0 Å². The fourth-order valence-corrected chi connectivity index (χ4v) is 6.84. The van der Waals surface area contributed by atoms with Gasteiger partial charge in [0.15, 0.2) is 0 Å². The number of aromatic amines is 1. The standard InChI is InChI=1S/C31H45N7O2/c1-4-26(5-2)37-15-10-31(11-16-37)18-27(30(39)40)38(23-31)20-25-8-6-24(7-9-25)19-36(21-28-32-12-13-33-28)22-29-34-14-17-35(29)3/h6-9,12-14,17,26-27H,4-5,10-11,15-16,18-23H2,1-3H3,(H,32,33)(H,39,40)/t27-/m0/s1. The third-order valence-electron chi connectivity index (χ3n) is 9.24. The molecule has 0 radical (unpaired) electrons. The van der Waals surface area contributed by atoms with Crippen molar-refractivity contribution < 1.29 is 9.90 Å². The third kappa shape index (κ3) is 6.65. The maximum Gasteiger partial charge on any atom is 0.320 e. The number of nitrogens with one attached hydrogen (secondary N) is 1. The minimum atomic E-state index is -0.682. The number of carboxylic acid groups (broad SMARTS) is 1. The van der Waals surface area contributed by atoms with Crippen LogP contribution in [0.1, 0.15) is 68.7 Å². The van der Waals surface area contributed by atoms with Crippen LogP contribution in [0.25, 0.3) is 0 Å². The highest BCUT2D eigenvalue weighted by atomic mass is 16.4. The predicted octanol–water partition coefficient (Wildman–Crippen LogP) is 4.28. The Morgan fingerprint density at radius 3 is 2.40 bits per heavy atom. The van der Waals surface area contributed by atoms with Crippen LogP contribution in [0.5, 0.6) is 0 Å². The molecule has 1 atom stereocenters. The van der Waals surface area contributed by atoms with Gasteiger partial charge in [0, 0.05) is 57.5 Å². The summed E-state index contributed by atoms with van der Waals surface area (Å²) < 4.78 is 2.05. The maximum absolute atomic E-state index is 12.3. The Labute approximate surface area is 238 Å². The largest absolute Gasteiger partial charge is 0.480 e. The van der Waals surface area contributed by atoms with Crippen LogP contribution in [0.3, 0.4) is 0 Å². The average molecular weight is 548 g/mol. The molecule has 2 N–H and O–H groups in total. The number of aryl methyl sites for hydroxylation is 1. The number of piperidine rings is 1. The Balaban J connectivity index is 1.22. The van der Waals surface area contributed by atoms with E-state index in [2.05, 4.69) is 72.3 Å². The Bertz CT molecular complexity index is 1210. The van der Waals surface area contributed by atoms with E-state index in [-0.39, 0.29) is 5.41 Å². The zero-order valence-corrected chi connectivity index (χ0v) is 24.3. The van der Waals surface area contributed by atoms with Gasteiger partial charge in [-0.05, 0) is 61.7 Å². The predicted molar refractivity (Wildman–Crippen MR) is 155 cm³/mol. The van der Waals surface area contributed by atoms with E-state index < -0.39 is 12.0 Å². The summed E-state index contributed by atoms with van der Waals surface area (Å²) in [5.74, 6) is 1.26. The number of hydrogen-bond acceptors (Lipinski definition) is 6. The molecule has 0 amide bonds. The molecule has 2 aliphatic heterocycles. The van der Waals surface area contributed by atoms with Gasteiger partial charge in [-0.25, -0.2) is 9.97 Å². The zero-order valence-electron chi connectivity index (χ0n) is 24.3. The lowest BCUT2D eigenvalue weighted by molar-refractivity contribution is -0.142. The molecule has 1 spiro atoms. The number of aliphatic carboxylic acids is 1. The minimum absolute atomic E-state index is 0.128. The molecule has 4 heterocycles. The summed E-state index contributed by atoms with van der Waals surface area (Å²) in [6, 6.07) is 8.95. The second-order valence-electron chi connectivity index (χ2n) is 11.9. The number of hydrogen-bond donors (Lipinski definition) is 2. The van der Waals surface area contributed by atoms with Crippen molar-refractivity contribution in [2.24, 2.45) is 12.5 Å². The van der Waals surface area contributed by atoms with Gasteiger partial charge >= 0.3 is 5.97 Å². The Morgan fingerprint density at radius 2 is 1.80 bits per heavy atom. The third-order valence-corrected chi connectivity index (χ3v) is 9.24. The number of nitrogens with zero attached hydrogens (tertiary/aromatic N) is 6. The smallest absolute Gasteiger partial charge is 0.320 e. The number of carbonyl (C=O) groups is 1. The molecule has 5 rings (SSSR count). The number of rotatable bonds is 12. The van der Waals surface area contributed by atoms with Gasteiger partial charge in [-0.15, -0.1) is 0 Å². The van der Waals surface area contributed by atoms with Gasteiger partial charge in [-0.3, -0.25) is 14.6 Å². The highest BCUT2D eigenvalue weighted by Crippen LogP contribution is 2.44. The molecule has 2 saturated heterocycles. The normalized spacial score (nSPS) is 19.8. The maximum atomic E-state index is 12.3. The van der Waals surface area contributed by atoms with Crippen LogP contribution in [0.2, 0.25) is 0 Å². The molecule has 9 nitrogen and oxygen atoms in total. The van der Waals surface area contributed by atoms with E-state index in [4.69, 9.17) is 0 Å². The Kier molecular flexibility index (Phi) is 9.03. The molecule has 40 heavy (non-hydrogen) atoms. The molecule has 2 aliphatic rings.